The van der Waals surface area contributed by atoms with Crippen LogP contribution < -0.4 is 4.74 Å². The quantitative estimate of drug-likeness (QED) is 0.934. The summed E-state index contributed by atoms with van der Waals surface area (Å²) in [6, 6.07) is 12.0. The fraction of sp³-hybridized carbons (Fsp3) is 0.231. The highest BCUT2D eigenvalue weighted by atomic mass is 79.9. The van der Waals surface area contributed by atoms with Gasteiger partial charge in [0.15, 0.2) is 0 Å². The Hall–Kier alpha value is -1.06. The van der Waals surface area contributed by atoms with Crippen molar-refractivity contribution >= 4 is 26.7 Å². The Labute approximate surface area is 103 Å². The summed E-state index contributed by atoms with van der Waals surface area (Å²) in [6.45, 7) is 2.01. The predicted molar refractivity (Wildman–Crippen MR) is 68.8 cm³/mol. The van der Waals surface area contributed by atoms with Crippen LogP contribution in [0.2, 0.25) is 0 Å². The number of halogens is 1. The SMILES string of the molecule is CC(O)COc1ccc2ccccc2c1Br. The van der Waals surface area contributed by atoms with Crippen LogP contribution in [0.4, 0.5) is 0 Å². The first-order chi connectivity index (χ1) is 7.68. The molecule has 2 aromatic rings. The summed E-state index contributed by atoms with van der Waals surface area (Å²) in [5.41, 5.74) is 0. The average molecular weight is 281 g/mol. The molecule has 2 nitrogen and oxygen atoms in total. The van der Waals surface area contributed by atoms with Gasteiger partial charge in [0.25, 0.3) is 0 Å². The monoisotopic (exact) mass is 280 g/mol. The zero-order chi connectivity index (χ0) is 11.5. The van der Waals surface area contributed by atoms with E-state index in [1.807, 2.05) is 30.3 Å². The molecule has 0 radical (unpaired) electrons. The van der Waals surface area contributed by atoms with Crippen molar-refractivity contribution in [3.05, 3.63) is 40.9 Å². The third-order valence-corrected chi connectivity index (χ3v) is 3.13. The summed E-state index contributed by atoms with van der Waals surface area (Å²) in [4.78, 5) is 0. The Balaban J connectivity index is 2.37. The van der Waals surface area contributed by atoms with Crippen LogP contribution in [-0.2, 0) is 0 Å². The molecule has 3 heteroatoms. The van der Waals surface area contributed by atoms with Gasteiger partial charge < -0.3 is 9.84 Å². The van der Waals surface area contributed by atoms with Crippen molar-refractivity contribution in [2.45, 2.75) is 13.0 Å². The van der Waals surface area contributed by atoms with E-state index < -0.39 is 6.10 Å². The van der Waals surface area contributed by atoms with Crippen molar-refractivity contribution < 1.29 is 9.84 Å². The number of rotatable bonds is 3. The highest BCUT2D eigenvalue weighted by molar-refractivity contribution is 9.10. The Morgan fingerprint density at radius 3 is 2.75 bits per heavy atom. The molecular formula is C13H13BrO2. The molecule has 0 aliphatic carbocycles. The highest BCUT2D eigenvalue weighted by Crippen LogP contribution is 2.32. The summed E-state index contributed by atoms with van der Waals surface area (Å²) < 4.78 is 6.45. The maximum Gasteiger partial charge on any atom is 0.134 e. The van der Waals surface area contributed by atoms with E-state index in [1.165, 1.54) is 5.39 Å². The number of hydrogen-bond acceptors (Lipinski definition) is 2. The van der Waals surface area contributed by atoms with Crippen molar-refractivity contribution in [1.29, 1.82) is 0 Å². The van der Waals surface area contributed by atoms with Crippen molar-refractivity contribution in [1.82, 2.24) is 0 Å². The molecule has 84 valence electrons. The largest absolute Gasteiger partial charge is 0.490 e. The molecule has 0 spiro atoms. The van der Waals surface area contributed by atoms with Crippen LogP contribution in [0.15, 0.2) is 40.9 Å². The summed E-state index contributed by atoms with van der Waals surface area (Å²) >= 11 is 3.53. The average Bonchev–Trinajstić information content (AvgIpc) is 2.28. The van der Waals surface area contributed by atoms with Crippen LogP contribution in [0.5, 0.6) is 5.75 Å². The Morgan fingerprint density at radius 2 is 2.00 bits per heavy atom. The van der Waals surface area contributed by atoms with Crippen LogP contribution >= 0.6 is 15.9 Å². The third kappa shape index (κ3) is 2.36. The molecule has 0 saturated heterocycles. The second-order valence-electron chi connectivity index (χ2n) is 3.76. The standard InChI is InChI=1S/C13H13BrO2/c1-9(15)8-16-12-7-6-10-4-2-3-5-11(10)13(12)14/h2-7,9,15H,8H2,1H3. The molecule has 0 aromatic heterocycles. The van der Waals surface area contributed by atoms with Gasteiger partial charge in [0.05, 0.1) is 10.6 Å². The molecule has 0 bridgehead atoms. The molecule has 1 unspecified atom stereocenters. The lowest BCUT2D eigenvalue weighted by molar-refractivity contribution is 0.122. The number of fused-ring (bicyclic) bond motifs is 1. The number of benzene rings is 2. The van der Waals surface area contributed by atoms with E-state index in [1.54, 1.807) is 6.92 Å². The molecular weight excluding hydrogens is 268 g/mol. The maximum absolute atomic E-state index is 9.18. The van der Waals surface area contributed by atoms with Gasteiger partial charge in [-0.15, -0.1) is 0 Å². The fourth-order valence-corrected chi connectivity index (χ4v) is 2.14. The molecule has 0 aliphatic heterocycles. The highest BCUT2D eigenvalue weighted by Gasteiger charge is 2.06. The smallest absolute Gasteiger partial charge is 0.134 e. The van der Waals surface area contributed by atoms with Crippen molar-refractivity contribution in [2.24, 2.45) is 0 Å². The lowest BCUT2D eigenvalue weighted by Crippen LogP contribution is -2.12. The Kier molecular flexibility index (Phi) is 3.46. The fourth-order valence-electron chi connectivity index (χ4n) is 1.54. The Morgan fingerprint density at radius 1 is 1.25 bits per heavy atom. The molecule has 0 aliphatic rings. The van der Waals surface area contributed by atoms with E-state index in [-0.39, 0.29) is 0 Å². The first-order valence-electron chi connectivity index (χ1n) is 5.16. The van der Waals surface area contributed by atoms with E-state index in [2.05, 4.69) is 22.0 Å². The lowest BCUT2D eigenvalue weighted by atomic mass is 10.1. The van der Waals surface area contributed by atoms with E-state index in [0.29, 0.717) is 6.61 Å². The first kappa shape index (κ1) is 11.4. The first-order valence-corrected chi connectivity index (χ1v) is 5.96. The number of aliphatic hydroxyl groups excluding tert-OH is 1. The van der Waals surface area contributed by atoms with Crippen LogP contribution in [0.25, 0.3) is 10.8 Å². The van der Waals surface area contributed by atoms with Gasteiger partial charge in [-0.2, -0.15) is 0 Å². The van der Waals surface area contributed by atoms with Gasteiger partial charge in [-0.1, -0.05) is 30.3 Å². The lowest BCUT2D eigenvalue weighted by Gasteiger charge is -2.11. The second kappa shape index (κ2) is 4.85. The summed E-state index contributed by atoms with van der Waals surface area (Å²) in [5, 5.41) is 11.5. The van der Waals surface area contributed by atoms with E-state index >= 15 is 0 Å². The van der Waals surface area contributed by atoms with Gasteiger partial charge in [-0.25, -0.2) is 0 Å². The summed E-state index contributed by atoms with van der Waals surface area (Å²) in [7, 11) is 0. The van der Waals surface area contributed by atoms with E-state index in [9.17, 15) is 5.11 Å². The van der Waals surface area contributed by atoms with Gasteiger partial charge >= 0.3 is 0 Å². The maximum atomic E-state index is 9.18. The van der Waals surface area contributed by atoms with Gasteiger partial charge in [-0.3, -0.25) is 0 Å². The number of hydrogen-bond donors (Lipinski definition) is 1. The minimum atomic E-state index is -0.460. The zero-order valence-electron chi connectivity index (χ0n) is 8.98. The van der Waals surface area contributed by atoms with Crippen LogP contribution in [-0.4, -0.2) is 17.8 Å². The van der Waals surface area contributed by atoms with Gasteiger partial charge in [0, 0.05) is 0 Å². The molecule has 0 fully saturated rings. The Bertz CT molecular complexity index is 494. The van der Waals surface area contributed by atoms with E-state index in [4.69, 9.17) is 4.74 Å². The zero-order valence-corrected chi connectivity index (χ0v) is 10.6. The molecule has 1 N–H and O–H groups in total. The third-order valence-electron chi connectivity index (χ3n) is 2.31. The van der Waals surface area contributed by atoms with Gasteiger partial charge in [0.1, 0.15) is 12.4 Å². The van der Waals surface area contributed by atoms with E-state index in [0.717, 1.165) is 15.6 Å². The van der Waals surface area contributed by atoms with Crippen LogP contribution in [0, 0.1) is 0 Å². The van der Waals surface area contributed by atoms with Crippen LogP contribution in [0.3, 0.4) is 0 Å². The summed E-state index contributed by atoms with van der Waals surface area (Å²) in [6.07, 6.45) is -0.460. The predicted octanol–water partition coefficient (Wildman–Crippen LogP) is 3.36. The molecule has 16 heavy (non-hydrogen) atoms. The van der Waals surface area contributed by atoms with Crippen molar-refractivity contribution in [2.75, 3.05) is 6.61 Å². The van der Waals surface area contributed by atoms with Gasteiger partial charge in [0.2, 0.25) is 0 Å². The molecule has 2 rings (SSSR count). The van der Waals surface area contributed by atoms with Crippen molar-refractivity contribution in [3.8, 4) is 5.75 Å². The molecule has 0 amide bonds. The number of aliphatic hydroxyl groups is 1. The molecule has 2 aromatic carbocycles. The number of ether oxygens (including phenoxy) is 1. The summed E-state index contributed by atoms with van der Waals surface area (Å²) in [5.74, 6) is 0.764. The minimum Gasteiger partial charge on any atom is -0.490 e. The topological polar surface area (TPSA) is 29.5 Å². The second-order valence-corrected chi connectivity index (χ2v) is 4.55. The normalized spacial score (nSPS) is 12.7. The minimum absolute atomic E-state index is 0.303. The molecule has 0 heterocycles. The van der Waals surface area contributed by atoms with Gasteiger partial charge in [-0.05, 0) is 39.7 Å². The van der Waals surface area contributed by atoms with Crippen LogP contribution in [0.1, 0.15) is 6.92 Å². The molecule has 1 atom stereocenters. The molecule has 0 saturated carbocycles. The van der Waals surface area contributed by atoms with Crippen molar-refractivity contribution in [3.63, 3.8) is 0 Å².